The van der Waals surface area contributed by atoms with Crippen molar-refractivity contribution in [2.45, 2.75) is 0 Å². The van der Waals surface area contributed by atoms with E-state index in [1.165, 1.54) is 16.3 Å². The van der Waals surface area contributed by atoms with E-state index in [2.05, 4.69) is 258 Å². The maximum Gasteiger partial charge on any atom is 0.160 e. The molecule has 0 aliphatic heterocycles. The number of hydrogen-bond acceptors (Lipinski definition) is 8. The molecule has 0 fully saturated rings. The number of hydrogen-bond donors (Lipinski definition) is 0. The minimum Gasteiger partial charge on any atom is -0.298 e. The molecule has 0 aliphatic carbocycles. The summed E-state index contributed by atoms with van der Waals surface area (Å²) < 4.78 is 4.28. The lowest BCUT2D eigenvalue weighted by molar-refractivity contribution is 1.22. The Kier molecular flexibility index (Phi) is 14.0. The second-order valence-corrected chi connectivity index (χ2v) is 25.1. The molecule has 0 saturated heterocycles. The van der Waals surface area contributed by atoms with Crippen LogP contribution in [0.15, 0.2) is 340 Å². The van der Waals surface area contributed by atoms with Gasteiger partial charge in [-0.15, -0.1) is 0 Å². The van der Waals surface area contributed by atoms with E-state index in [0.717, 1.165) is 161 Å². The van der Waals surface area contributed by atoms with Gasteiger partial charge in [-0.05, 0) is 117 Å². The Balaban J connectivity index is 0.000000139. The Morgan fingerprint density at radius 2 is 0.530 bits per heavy atom. The van der Waals surface area contributed by atoms with Crippen molar-refractivity contribution in [1.82, 2.24) is 48.7 Å². The smallest absolute Gasteiger partial charge is 0.160 e. The SMILES string of the molecule is c1cc(-c2ccc(-c3nc(-c4ccc5ccccc5c4)c4ccccc4n3)cc2)cc(-c2nc3ccccc3c3nc4ccccn4c23)c1.c1ccc(-c2cccc(-c3nc(-c4ccc(-c5cccc(-c6nc7ccccc7c7nc8ccccn8c67)c5)cc4)nc4ccccc34)c2)cc1. The normalized spacial score (nSPS) is 11.6. The number of aromatic nitrogens is 10. The number of nitrogens with zero attached hydrogens (tertiary/aromatic N) is 10. The molecule has 20 aromatic rings. The molecule has 466 valence electrons. The lowest BCUT2D eigenvalue weighted by Gasteiger charge is -2.12. The topological polar surface area (TPSA) is 112 Å². The van der Waals surface area contributed by atoms with E-state index in [4.69, 9.17) is 39.9 Å². The lowest BCUT2D eigenvalue weighted by atomic mass is 9.98. The van der Waals surface area contributed by atoms with Gasteiger partial charge in [0.2, 0.25) is 0 Å². The van der Waals surface area contributed by atoms with Gasteiger partial charge in [-0.3, -0.25) is 8.80 Å². The molecule has 0 unspecified atom stereocenters. The van der Waals surface area contributed by atoms with Crippen molar-refractivity contribution >= 4 is 87.7 Å². The zero-order valence-corrected chi connectivity index (χ0v) is 53.8. The third kappa shape index (κ3) is 10.3. The van der Waals surface area contributed by atoms with Crippen LogP contribution in [-0.4, -0.2) is 48.7 Å². The van der Waals surface area contributed by atoms with Gasteiger partial charge in [0, 0.05) is 67.3 Å². The van der Waals surface area contributed by atoms with Crippen LogP contribution in [0.1, 0.15) is 0 Å². The van der Waals surface area contributed by atoms with Gasteiger partial charge < -0.3 is 0 Å². The molecular weight excluding hydrogens is 1220 g/mol. The standard InChI is InChI=1S/C46H29N5.C44H27N5/c1-2-12-30(13-3-1)33-14-10-16-35(28-33)42-37-18-4-7-21-40(37)48-46(50-42)32-25-23-31(24-26-32)34-15-11-17-36(29-34)43-45-44(38-19-5-6-20-39(38)47-43)49-41-22-8-9-27-51(41)45;1-2-11-31-27-34(24-21-28(31)10-1)40-35-14-3-6-17-38(35)46-44(48-40)30-22-19-29(20-23-30)32-12-9-13-33(26-32)41-43-42(36-15-4-5-16-37(36)45-41)47-39-18-7-8-25-49(39)43/h1-29H;1-27H. The number of imidazole rings is 2. The van der Waals surface area contributed by atoms with E-state index in [1.807, 2.05) is 91.0 Å². The fraction of sp³-hybridized carbons (Fsp3) is 0. The maximum atomic E-state index is 5.19. The van der Waals surface area contributed by atoms with Crippen molar-refractivity contribution in [3.05, 3.63) is 340 Å². The molecule has 0 amide bonds. The first-order valence-electron chi connectivity index (χ1n) is 33.5. The third-order valence-electron chi connectivity index (χ3n) is 19.0. The molecule has 0 aliphatic rings. The largest absolute Gasteiger partial charge is 0.298 e. The highest BCUT2D eigenvalue weighted by atomic mass is 15.0. The second kappa shape index (κ2) is 24.2. The van der Waals surface area contributed by atoms with E-state index in [1.54, 1.807) is 0 Å². The van der Waals surface area contributed by atoms with Gasteiger partial charge >= 0.3 is 0 Å². The van der Waals surface area contributed by atoms with E-state index >= 15 is 0 Å². The first-order chi connectivity index (χ1) is 49.5. The van der Waals surface area contributed by atoms with Crippen LogP contribution >= 0.6 is 0 Å². The summed E-state index contributed by atoms with van der Waals surface area (Å²) in [5.41, 5.74) is 26.0. The number of fused-ring (bicyclic) bond motifs is 13. The number of pyridine rings is 4. The van der Waals surface area contributed by atoms with Crippen molar-refractivity contribution in [2.24, 2.45) is 0 Å². The van der Waals surface area contributed by atoms with Gasteiger partial charge in [0.15, 0.2) is 11.6 Å². The van der Waals surface area contributed by atoms with Crippen LogP contribution in [0.25, 0.3) is 189 Å². The van der Waals surface area contributed by atoms with Crippen LogP contribution in [0.4, 0.5) is 0 Å². The predicted molar refractivity (Wildman–Crippen MR) is 409 cm³/mol. The molecule has 20 rings (SSSR count). The third-order valence-corrected chi connectivity index (χ3v) is 19.0. The fourth-order valence-corrected chi connectivity index (χ4v) is 14.1. The summed E-state index contributed by atoms with van der Waals surface area (Å²) in [6, 6.07) is 113. The van der Waals surface area contributed by atoms with Crippen LogP contribution in [0.3, 0.4) is 0 Å². The molecule has 8 heterocycles. The molecule has 0 atom stereocenters. The molecule has 0 radical (unpaired) electrons. The van der Waals surface area contributed by atoms with E-state index in [-0.39, 0.29) is 0 Å². The van der Waals surface area contributed by atoms with E-state index < -0.39 is 0 Å². The minimum atomic E-state index is 0.699. The molecule has 8 aromatic heterocycles. The highest BCUT2D eigenvalue weighted by Gasteiger charge is 2.21. The van der Waals surface area contributed by atoms with Crippen LogP contribution in [0, 0.1) is 0 Å². The maximum absolute atomic E-state index is 5.19. The highest BCUT2D eigenvalue weighted by Crippen LogP contribution is 2.40. The van der Waals surface area contributed by atoms with E-state index in [9.17, 15) is 0 Å². The number of benzene rings is 12. The first kappa shape index (κ1) is 57.7. The zero-order valence-electron chi connectivity index (χ0n) is 53.8. The lowest BCUT2D eigenvalue weighted by Crippen LogP contribution is -1.95. The number of rotatable bonds is 9. The average Bonchev–Trinajstić information content (AvgIpc) is 1.56. The summed E-state index contributed by atoms with van der Waals surface area (Å²) in [7, 11) is 0. The summed E-state index contributed by atoms with van der Waals surface area (Å²) in [5, 5.41) is 6.58. The quantitative estimate of drug-likeness (QED) is 0.140. The van der Waals surface area contributed by atoms with Crippen molar-refractivity contribution in [1.29, 1.82) is 0 Å². The average molecular weight is 1280 g/mol. The second-order valence-electron chi connectivity index (χ2n) is 25.1. The van der Waals surface area contributed by atoms with Gasteiger partial charge in [-0.1, -0.05) is 255 Å². The molecular formula is C90H56N10. The highest BCUT2D eigenvalue weighted by molar-refractivity contribution is 6.11. The van der Waals surface area contributed by atoms with Crippen molar-refractivity contribution < 1.29 is 0 Å². The summed E-state index contributed by atoms with van der Waals surface area (Å²) in [6.45, 7) is 0. The Bertz CT molecular complexity index is 6600. The summed E-state index contributed by atoms with van der Waals surface area (Å²) in [5.74, 6) is 1.40. The minimum absolute atomic E-state index is 0.699. The van der Waals surface area contributed by atoms with Gasteiger partial charge in [0.05, 0.1) is 55.9 Å². The van der Waals surface area contributed by atoms with Gasteiger partial charge in [0.25, 0.3) is 0 Å². The molecule has 12 aromatic carbocycles. The van der Waals surface area contributed by atoms with Crippen LogP contribution in [0.5, 0.6) is 0 Å². The van der Waals surface area contributed by atoms with Gasteiger partial charge in [-0.25, -0.2) is 39.9 Å². The van der Waals surface area contributed by atoms with Crippen molar-refractivity contribution in [3.8, 4) is 101 Å². The Hall–Kier alpha value is -13.7. The summed E-state index contributed by atoms with van der Waals surface area (Å²) in [4.78, 5) is 40.7. The molecule has 10 heteroatoms. The van der Waals surface area contributed by atoms with Gasteiger partial charge in [0.1, 0.15) is 22.3 Å². The fourth-order valence-electron chi connectivity index (χ4n) is 14.1. The van der Waals surface area contributed by atoms with Crippen molar-refractivity contribution in [2.75, 3.05) is 0 Å². The molecule has 100 heavy (non-hydrogen) atoms. The van der Waals surface area contributed by atoms with Crippen LogP contribution in [0.2, 0.25) is 0 Å². The zero-order chi connectivity index (χ0) is 66.0. The Morgan fingerprint density at radius 1 is 0.190 bits per heavy atom. The Morgan fingerprint density at radius 3 is 1.01 bits per heavy atom. The Labute approximate surface area is 574 Å². The number of para-hydroxylation sites is 4. The van der Waals surface area contributed by atoms with Gasteiger partial charge in [-0.2, -0.15) is 0 Å². The molecule has 10 nitrogen and oxygen atoms in total. The van der Waals surface area contributed by atoms with E-state index in [0.29, 0.717) is 11.6 Å². The van der Waals surface area contributed by atoms with Crippen LogP contribution in [-0.2, 0) is 0 Å². The van der Waals surface area contributed by atoms with Crippen LogP contribution < -0.4 is 0 Å². The molecule has 0 saturated carbocycles. The molecule has 0 N–H and O–H groups in total. The summed E-state index contributed by atoms with van der Waals surface area (Å²) in [6.07, 6.45) is 4.13. The summed E-state index contributed by atoms with van der Waals surface area (Å²) >= 11 is 0. The van der Waals surface area contributed by atoms with Crippen molar-refractivity contribution in [3.63, 3.8) is 0 Å². The molecule has 0 bridgehead atoms. The predicted octanol–water partition coefficient (Wildman–Crippen LogP) is 22.1. The first-order valence-corrected chi connectivity index (χ1v) is 33.5. The monoisotopic (exact) mass is 1280 g/mol. The molecule has 0 spiro atoms.